The van der Waals surface area contributed by atoms with Crippen LogP contribution in [0.4, 0.5) is 0 Å². The minimum atomic E-state index is -0.791. The molecule has 21 heavy (non-hydrogen) atoms. The molecule has 2 fully saturated rings. The van der Waals surface area contributed by atoms with Gasteiger partial charge >= 0.3 is 5.97 Å². The molecule has 1 aliphatic carbocycles. The molecule has 1 atom stereocenters. The zero-order valence-electron chi connectivity index (χ0n) is 12.7. The van der Waals surface area contributed by atoms with Crippen molar-refractivity contribution in [2.45, 2.75) is 63.6 Å². The van der Waals surface area contributed by atoms with Crippen LogP contribution < -0.4 is 5.32 Å². The fourth-order valence-electron chi connectivity index (χ4n) is 3.14. The number of carbonyl (C=O) groups excluding carboxylic acids is 1. The van der Waals surface area contributed by atoms with Gasteiger partial charge in [0.25, 0.3) is 0 Å². The van der Waals surface area contributed by atoms with Crippen LogP contribution in [0, 0.1) is 0 Å². The molecule has 1 unspecified atom stereocenters. The number of ether oxygens (including phenoxy) is 1. The number of carboxylic acids is 1. The maximum Gasteiger partial charge on any atom is 0.317 e. The second-order valence-corrected chi connectivity index (χ2v) is 6.02. The second-order valence-electron chi connectivity index (χ2n) is 6.02. The SMILES string of the molecule is CCN(CC(=O)O)C1CC(NC(=O)CCC2CCCO2)C1. The van der Waals surface area contributed by atoms with Crippen LogP contribution in [0.5, 0.6) is 0 Å². The third-order valence-corrected chi connectivity index (χ3v) is 4.46. The Balaban J connectivity index is 1.60. The quantitative estimate of drug-likeness (QED) is 0.699. The lowest BCUT2D eigenvalue weighted by Crippen LogP contribution is -2.54. The molecule has 6 nitrogen and oxygen atoms in total. The molecular weight excluding hydrogens is 272 g/mol. The molecule has 0 aromatic carbocycles. The highest BCUT2D eigenvalue weighted by Gasteiger charge is 2.34. The lowest BCUT2D eigenvalue weighted by molar-refractivity contribution is -0.139. The highest BCUT2D eigenvalue weighted by atomic mass is 16.5. The van der Waals surface area contributed by atoms with E-state index in [1.54, 1.807) is 0 Å². The monoisotopic (exact) mass is 298 g/mol. The van der Waals surface area contributed by atoms with Crippen molar-refractivity contribution in [3.8, 4) is 0 Å². The van der Waals surface area contributed by atoms with Gasteiger partial charge < -0.3 is 15.2 Å². The molecule has 0 radical (unpaired) electrons. The summed E-state index contributed by atoms with van der Waals surface area (Å²) in [6.07, 6.45) is 5.48. The molecule has 1 saturated carbocycles. The van der Waals surface area contributed by atoms with Gasteiger partial charge in [0.15, 0.2) is 0 Å². The predicted octanol–water partition coefficient (Wildman–Crippen LogP) is 0.999. The molecule has 0 spiro atoms. The van der Waals surface area contributed by atoms with Crippen molar-refractivity contribution in [2.75, 3.05) is 19.7 Å². The Morgan fingerprint density at radius 2 is 2.14 bits per heavy atom. The maximum absolute atomic E-state index is 11.9. The number of hydrogen-bond acceptors (Lipinski definition) is 4. The Labute approximate surface area is 125 Å². The van der Waals surface area contributed by atoms with E-state index in [0.29, 0.717) is 6.42 Å². The highest BCUT2D eigenvalue weighted by Crippen LogP contribution is 2.26. The van der Waals surface area contributed by atoms with Crippen LogP contribution >= 0.6 is 0 Å². The van der Waals surface area contributed by atoms with E-state index in [0.717, 1.165) is 45.3 Å². The van der Waals surface area contributed by atoms with Crippen molar-refractivity contribution in [1.82, 2.24) is 10.2 Å². The first kappa shape index (κ1) is 16.2. The van der Waals surface area contributed by atoms with Crippen molar-refractivity contribution in [2.24, 2.45) is 0 Å². The first-order chi connectivity index (χ1) is 10.1. The van der Waals surface area contributed by atoms with Gasteiger partial charge in [0.2, 0.25) is 5.91 Å². The number of likely N-dealkylation sites (N-methyl/N-ethyl adjacent to an activating group) is 1. The molecule has 0 aromatic rings. The summed E-state index contributed by atoms with van der Waals surface area (Å²) in [6.45, 7) is 3.61. The number of nitrogens with one attached hydrogen (secondary N) is 1. The summed E-state index contributed by atoms with van der Waals surface area (Å²) in [7, 11) is 0. The molecule has 2 aliphatic rings. The first-order valence-corrected chi connectivity index (χ1v) is 7.95. The van der Waals surface area contributed by atoms with E-state index in [-0.39, 0.29) is 30.6 Å². The minimum Gasteiger partial charge on any atom is -0.480 e. The normalized spacial score (nSPS) is 28.4. The predicted molar refractivity (Wildman–Crippen MR) is 78.0 cm³/mol. The van der Waals surface area contributed by atoms with Gasteiger partial charge in [-0.05, 0) is 38.6 Å². The second kappa shape index (κ2) is 7.75. The summed E-state index contributed by atoms with van der Waals surface area (Å²) in [5.41, 5.74) is 0. The number of carboxylic acid groups (broad SMARTS) is 1. The fourth-order valence-corrected chi connectivity index (χ4v) is 3.14. The van der Waals surface area contributed by atoms with Gasteiger partial charge in [-0.25, -0.2) is 0 Å². The Morgan fingerprint density at radius 3 is 2.71 bits per heavy atom. The van der Waals surface area contributed by atoms with Crippen LogP contribution in [-0.2, 0) is 14.3 Å². The van der Waals surface area contributed by atoms with Crippen LogP contribution in [0.25, 0.3) is 0 Å². The number of hydrogen-bond donors (Lipinski definition) is 2. The van der Waals surface area contributed by atoms with Gasteiger partial charge in [-0.15, -0.1) is 0 Å². The average molecular weight is 298 g/mol. The van der Waals surface area contributed by atoms with E-state index in [2.05, 4.69) is 5.32 Å². The minimum absolute atomic E-state index is 0.0842. The third kappa shape index (κ3) is 4.97. The number of nitrogens with zero attached hydrogens (tertiary/aromatic N) is 1. The number of amides is 1. The van der Waals surface area contributed by atoms with Crippen LogP contribution in [-0.4, -0.2) is 59.8 Å². The summed E-state index contributed by atoms with van der Waals surface area (Å²) in [5.74, 6) is -0.698. The van der Waals surface area contributed by atoms with Crippen LogP contribution in [0.15, 0.2) is 0 Å². The molecular formula is C15H26N2O4. The van der Waals surface area contributed by atoms with Crippen LogP contribution in [0.1, 0.15) is 45.4 Å². The molecule has 1 amide bonds. The van der Waals surface area contributed by atoms with Gasteiger partial charge in [-0.1, -0.05) is 6.92 Å². The van der Waals surface area contributed by atoms with Gasteiger partial charge in [0.05, 0.1) is 12.6 Å². The lowest BCUT2D eigenvalue weighted by atomic mass is 9.85. The van der Waals surface area contributed by atoms with E-state index in [1.807, 2.05) is 11.8 Å². The topological polar surface area (TPSA) is 78.9 Å². The molecule has 2 N–H and O–H groups in total. The summed E-state index contributed by atoms with van der Waals surface area (Å²) in [6, 6.07) is 0.490. The van der Waals surface area contributed by atoms with Gasteiger partial charge in [-0.2, -0.15) is 0 Å². The molecule has 2 rings (SSSR count). The van der Waals surface area contributed by atoms with E-state index in [4.69, 9.17) is 9.84 Å². The van der Waals surface area contributed by atoms with E-state index in [9.17, 15) is 9.59 Å². The standard InChI is InChI=1S/C15H26N2O4/c1-2-17(10-15(19)20)12-8-11(9-12)16-14(18)6-5-13-4-3-7-21-13/h11-13H,2-10H2,1H3,(H,16,18)(H,19,20). The summed E-state index contributed by atoms with van der Waals surface area (Å²) in [4.78, 5) is 24.6. The zero-order chi connectivity index (χ0) is 15.2. The van der Waals surface area contributed by atoms with Crippen molar-refractivity contribution in [3.05, 3.63) is 0 Å². The number of rotatable bonds is 8. The molecule has 1 heterocycles. The van der Waals surface area contributed by atoms with Crippen LogP contribution in [0.2, 0.25) is 0 Å². The highest BCUT2D eigenvalue weighted by molar-refractivity contribution is 5.76. The smallest absolute Gasteiger partial charge is 0.317 e. The van der Waals surface area contributed by atoms with Crippen LogP contribution in [0.3, 0.4) is 0 Å². The van der Waals surface area contributed by atoms with Crippen molar-refractivity contribution < 1.29 is 19.4 Å². The summed E-state index contributed by atoms with van der Waals surface area (Å²) in [5, 5.41) is 11.9. The van der Waals surface area contributed by atoms with E-state index in [1.165, 1.54) is 0 Å². The van der Waals surface area contributed by atoms with Crippen molar-refractivity contribution >= 4 is 11.9 Å². The van der Waals surface area contributed by atoms with Gasteiger partial charge in [-0.3, -0.25) is 14.5 Å². The number of carbonyl (C=O) groups is 2. The molecule has 0 aromatic heterocycles. The lowest BCUT2D eigenvalue weighted by Gasteiger charge is -2.42. The Bertz CT molecular complexity index is 363. The van der Waals surface area contributed by atoms with E-state index >= 15 is 0 Å². The molecule has 1 saturated heterocycles. The van der Waals surface area contributed by atoms with Crippen molar-refractivity contribution in [1.29, 1.82) is 0 Å². The fraction of sp³-hybridized carbons (Fsp3) is 0.867. The zero-order valence-corrected chi connectivity index (χ0v) is 12.7. The molecule has 1 aliphatic heterocycles. The van der Waals surface area contributed by atoms with Crippen molar-refractivity contribution in [3.63, 3.8) is 0 Å². The average Bonchev–Trinajstić information content (AvgIpc) is 2.90. The maximum atomic E-state index is 11.9. The Kier molecular flexibility index (Phi) is 5.99. The largest absolute Gasteiger partial charge is 0.480 e. The molecule has 0 bridgehead atoms. The molecule has 120 valence electrons. The Morgan fingerprint density at radius 1 is 1.38 bits per heavy atom. The summed E-state index contributed by atoms with van der Waals surface area (Å²) < 4.78 is 5.51. The Hall–Kier alpha value is -1.14. The van der Waals surface area contributed by atoms with Gasteiger partial charge in [0.1, 0.15) is 0 Å². The van der Waals surface area contributed by atoms with E-state index < -0.39 is 5.97 Å². The first-order valence-electron chi connectivity index (χ1n) is 7.95. The third-order valence-electron chi connectivity index (χ3n) is 4.46. The summed E-state index contributed by atoms with van der Waals surface area (Å²) >= 11 is 0. The van der Waals surface area contributed by atoms with Gasteiger partial charge in [0, 0.05) is 25.1 Å². The number of aliphatic carboxylic acids is 1. The molecule has 6 heteroatoms.